The van der Waals surface area contributed by atoms with Crippen LogP contribution in [0, 0.1) is 17.1 Å². The number of anilines is 1. The average molecular weight is 443 g/mol. The topological polar surface area (TPSA) is 134 Å². The second-order valence-corrected chi connectivity index (χ2v) is 10.5. The van der Waals surface area contributed by atoms with Crippen molar-refractivity contribution in [3.63, 3.8) is 0 Å². The lowest BCUT2D eigenvalue weighted by atomic mass is 10.1. The number of amides is 1. The van der Waals surface area contributed by atoms with Gasteiger partial charge in [0.2, 0.25) is 0 Å². The van der Waals surface area contributed by atoms with Crippen molar-refractivity contribution in [1.29, 1.82) is 5.26 Å². The van der Waals surface area contributed by atoms with Gasteiger partial charge in [-0.25, -0.2) is 17.9 Å². The number of carbonyl (C=O) groups is 1. The predicted molar refractivity (Wildman–Crippen MR) is 118 cm³/mol. The molecule has 0 bridgehead atoms. The molecule has 1 aromatic heterocycles. The molecule has 8 nitrogen and oxygen atoms in total. The van der Waals surface area contributed by atoms with Gasteiger partial charge in [0, 0.05) is 31.0 Å². The van der Waals surface area contributed by atoms with Crippen LogP contribution in [0.25, 0.3) is 0 Å². The van der Waals surface area contributed by atoms with Crippen molar-refractivity contribution in [3.8, 4) is 6.07 Å². The fourth-order valence-corrected chi connectivity index (χ4v) is 6.41. The summed E-state index contributed by atoms with van der Waals surface area (Å²) in [6.07, 6.45) is 1.69. The number of nitriles is 1. The Morgan fingerprint density at radius 2 is 2.13 bits per heavy atom. The maximum atomic E-state index is 14.8. The lowest BCUT2D eigenvalue weighted by Gasteiger charge is -2.31. The minimum Gasteiger partial charge on any atom is -0.386 e. The summed E-state index contributed by atoms with van der Waals surface area (Å²) in [7, 11) is -1.48. The molecule has 1 aliphatic heterocycles. The first kappa shape index (κ1) is 22.4. The van der Waals surface area contributed by atoms with Gasteiger partial charge < -0.3 is 11.1 Å². The minimum absolute atomic E-state index is 0.109. The molecule has 1 unspecified atom stereocenters. The second kappa shape index (κ2) is 8.43. The van der Waals surface area contributed by atoms with Crippen molar-refractivity contribution in [1.82, 2.24) is 4.98 Å². The quantitative estimate of drug-likeness (QED) is 0.542. The fourth-order valence-electron chi connectivity index (χ4n) is 3.48. The molecule has 1 aromatic carbocycles. The highest BCUT2D eigenvalue weighted by Crippen LogP contribution is 2.42. The van der Waals surface area contributed by atoms with E-state index in [0.29, 0.717) is 24.2 Å². The van der Waals surface area contributed by atoms with Crippen LogP contribution >= 0.6 is 0 Å². The Hall–Kier alpha value is -3.32. The maximum absolute atomic E-state index is 14.8. The van der Waals surface area contributed by atoms with Crippen LogP contribution in [0.1, 0.15) is 47.1 Å². The normalized spacial score (nSPS) is 21.3. The first-order valence-corrected chi connectivity index (χ1v) is 11.1. The number of nitrogens with one attached hydrogen (secondary N) is 1. The van der Waals surface area contributed by atoms with Crippen LogP contribution in [0.15, 0.2) is 45.9 Å². The van der Waals surface area contributed by atoms with Gasteiger partial charge in [-0.2, -0.15) is 5.26 Å². The number of pyridine rings is 1. The number of rotatable bonds is 5. The van der Waals surface area contributed by atoms with E-state index >= 15 is 0 Å². The van der Waals surface area contributed by atoms with E-state index in [1.807, 2.05) is 6.07 Å². The van der Waals surface area contributed by atoms with Gasteiger partial charge in [-0.05, 0) is 50.6 Å². The summed E-state index contributed by atoms with van der Waals surface area (Å²) < 4.78 is 32.0. The van der Waals surface area contributed by atoms with Crippen molar-refractivity contribution in [2.75, 3.05) is 18.9 Å². The lowest BCUT2D eigenvalue weighted by Crippen LogP contribution is -2.46. The van der Waals surface area contributed by atoms with Gasteiger partial charge in [0.25, 0.3) is 5.91 Å². The molecule has 0 fully saturated rings. The van der Waals surface area contributed by atoms with E-state index in [2.05, 4.69) is 19.7 Å². The summed E-state index contributed by atoms with van der Waals surface area (Å²) in [5, 5.41) is 10.8. The maximum Gasteiger partial charge on any atom is 0.274 e. The molecule has 1 aliphatic rings. The molecule has 3 rings (SSSR count). The van der Waals surface area contributed by atoms with Gasteiger partial charge in [-0.3, -0.25) is 9.79 Å². The first-order valence-electron chi connectivity index (χ1n) is 9.55. The van der Waals surface area contributed by atoms with Crippen LogP contribution < -0.4 is 11.1 Å². The SMILES string of the molecule is C/N=C(/N)C(C)(C)S1(=O)=NCC[C@H]1c1cc(NC(=O)c2ccc(C#N)cn2)ccc1F. The monoisotopic (exact) mass is 442 g/mol. The summed E-state index contributed by atoms with van der Waals surface area (Å²) in [5.41, 5.74) is 6.98. The molecule has 31 heavy (non-hydrogen) atoms. The zero-order chi connectivity index (χ0) is 22.8. The highest BCUT2D eigenvalue weighted by molar-refractivity contribution is 7.96. The number of hydrogen-bond acceptors (Lipinski definition) is 6. The number of hydrogen-bond donors (Lipinski definition) is 2. The van der Waals surface area contributed by atoms with E-state index < -0.39 is 31.5 Å². The molecule has 0 saturated heterocycles. The van der Waals surface area contributed by atoms with E-state index in [-0.39, 0.29) is 17.1 Å². The lowest BCUT2D eigenvalue weighted by molar-refractivity contribution is 0.102. The Bertz CT molecular complexity index is 1210. The molecular formula is C21H23FN6O2S. The van der Waals surface area contributed by atoms with Gasteiger partial charge in [-0.15, -0.1) is 0 Å². The van der Waals surface area contributed by atoms with E-state index in [0.717, 1.165) is 0 Å². The van der Waals surface area contributed by atoms with Crippen molar-refractivity contribution in [3.05, 3.63) is 59.2 Å². The number of benzene rings is 1. The van der Waals surface area contributed by atoms with Crippen molar-refractivity contribution < 1.29 is 13.4 Å². The zero-order valence-corrected chi connectivity index (χ0v) is 18.2. The number of aromatic nitrogens is 1. The Kier molecular flexibility index (Phi) is 6.08. The summed E-state index contributed by atoms with van der Waals surface area (Å²) >= 11 is 0. The molecule has 0 radical (unpaired) electrons. The molecule has 0 spiro atoms. The number of nitrogens with zero attached hydrogens (tertiary/aromatic N) is 4. The van der Waals surface area contributed by atoms with E-state index in [1.54, 1.807) is 13.8 Å². The van der Waals surface area contributed by atoms with Gasteiger partial charge in [0.1, 0.15) is 28.2 Å². The van der Waals surface area contributed by atoms with Crippen LogP contribution in [0.2, 0.25) is 0 Å². The summed E-state index contributed by atoms with van der Waals surface area (Å²) in [4.78, 5) is 20.4. The summed E-state index contributed by atoms with van der Waals surface area (Å²) in [5.74, 6) is -0.862. The molecule has 2 aromatic rings. The molecular weight excluding hydrogens is 419 g/mol. The highest BCUT2D eigenvalue weighted by Gasteiger charge is 2.45. The third-order valence-corrected chi connectivity index (χ3v) is 8.87. The Labute approximate surface area is 180 Å². The minimum atomic E-state index is -2.99. The third kappa shape index (κ3) is 4.01. The standard InChI is InChI=1S/C21H23FN6O2S/c1-21(2,20(24)25-3)31(30)18(8-9-27-31)15-10-14(5-6-16(15)22)28-19(29)17-7-4-13(11-23)12-26-17/h4-7,10,12,18H,8-9H2,1-3H3,(H2,24,25)(H,28,29)/t18-,31?/m0/s1. The van der Waals surface area contributed by atoms with Crippen LogP contribution in [-0.2, 0) is 9.73 Å². The van der Waals surface area contributed by atoms with Crippen LogP contribution in [0.3, 0.4) is 0 Å². The highest BCUT2D eigenvalue weighted by atomic mass is 32.2. The van der Waals surface area contributed by atoms with E-state index in [9.17, 15) is 13.4 Å². The Morgan fingerprint density at radius 3 is 2.74 bits per heavy atom. The smallest absolute Gasteiger partial charge is 0.274 e. The Balaban J connectivity index is 1.94. The van der Waals surface area contributed by atoms with Crippen molar-refractivity contribution >= 4 is 27.2 Å². The van der Waals surface area contributed by atoms with Gasteiger partial charge >= 0.3 is 0 Å². The van der Waals surface area contributed by atoms with E-state index in [4.69, 9.17) is 11.0 Å². The van der Waals surface area contributed by atoms with Crippen LogP contribution in [0.4, 0.5) is 10.1 Å². The zero-order valence-electron chi connectivity index (χ0n) is 17.4. The number of nitrogens with two attached hydrogens (primary N) is 1. The van der Waals surface area contributed by atoms with Gasteiger partial charge in [0.15, 0.2) is 0 Å². The molecule has 2 atom stereocenters. The molecule has 2 heterocycles. The molecule has 10 heteroatoms. The molecule has 0 saturated carbocycles. The molecule has 1 amide bonds. The van der Waals surface area contributed by atoms with Gasteiger partial charge in [-0.1, -0.05) is 0 Å². The average Bonchev–Trinajstić information content (AvgIpc) is 3.17. The number of carbonyl (C=O) groups excluding carboxylic acids is 1. The molecule has 0 aliphatic carbocycles. The van der Waals surface area contributed by atoms with Gasteiger partial charge in [0.05, 0.1) is 20.5 Å². The number of halogens is 1. The second-order valence-electron chi connectivity index (χ2n) is 7.55. The van der Waals surface area contributed by atoms with Crippen LogP contribution in [0.5, 0.6) is 0 Å². The number of aliphatic imine (C=N–C) groups is 1. The Morgan fingerprint density at radius 1 is 1.39 bits per heavy atom. The van der Waals surface area contributed by atoms with E-state index in [1.165, 1.54) is 43.6 Å². The number of amidine groups is 1. The largest absolute Gasteiger partial charge is 0.386 e. The summed E-state index contributed by atoms with van der Waals surface area (Å²) in [6.45, 7) is 3.70. The fraction of sp³-hybridized carbons (Fsp3) is 0.333. The van der Waals surface area contributed by atoms with Crippen LogP contribution in [-0.4, -0.2) is 39.3 Å². The third-order valence-electron chi connectivity index (χ3n) is 5.37. The molecule has 162 valence electrons. The van der Waals surface area contributed by atoms with Crippen molar-refractivity contribution in [2.45, 2.75) is 30.3 Å². The first-order chi connectivity index (χ1) is 14.6. The molecule has 3 N–H and O–H groups in total. The predicted octanol–water partition coefficient (Wildman–Crippen LogP) is 3.02. The van der Waals surface area contributed by atoms with Crippen molar-refractivity contribution in [2.24, 2.45) is 15.1 Å². The summed E-state index contributed by atoms with van der Waals surface area (Å²) in [6, 6.07) is 8.95.